The Morgan fingerprint density at radius 1 is 1.12 bits per heavy atom. The number of hydrogen-bond acceptors (Lipinski definition) is 5. The highest BCUT2D eigenvalue weighted by atomic mass is 32.1. The molecule has 2 fully saturated rings. The number of amides is 1. The summed E-state index contributed by atoms with van der Waals surface area (Å²) >= 11 is 4.40. The van der Waals surface area contributed by atoms with Gasteiger partial charge in [-0.05, 0) is 55.2 Å². The maximum absolute atomic E-state index is 13.4. The zero-order valence-corrected chi connectivity index (χ0v) is 19.7. The van der Waals surface area contributed by atoms with Gasteiger partial charge in [0, 0.05) is 48.5 Å². The van der Waals surface area contributed by atoms with Crippen LogP contribution in [0.15, 0.2) is 47.4 Å². The lowest BCUT2D eigenvalue weighted by atomic mass is 10.1. The molecule has 2 saturated heterocycles. The molecule has 1 amide bonds. The summed E-state index contributed by atoms with van der Waals surface area (Å²) in [6.45, 7) is 6.06. The minimum atomic E-state index is -0.323. The molecule has 3 aromatic rings. The van der Waals surface area contributed by atoms with E-state index in [0.717, 1.165) is 62.0 Å². The van der Waals surface area contributed by atoms with Crippen molar-refractivity contribution in [2.24, 2.45) is 5.73 Å². The molecule has 1 aromatic heterocycles. The number of benzene rings is 2. The summed E-state index contributed by atoms with van der Waals surface area (Å²) in [5.41, 5.74) is 10.1. The first-order valence-electron chi connectivity index (χ1n) is 11.5. The van der Waals surface area contributed by atoms with Crippen LogP contribution in [0, 0.1) is 12.7 Å². The third-order valence-electron chi connectivity index (χ3n) is 6.97. The third kappa shape index (κ3) is 4.40. The van der Waals surface area contributed by atoms with Gasteiger partial charge in [-0.3, -0.25) is 14.6 Å². The molecule has 0 spiro atoms. The molecule has 33 heavy (non-hydrogen) atoms. The van der Waals surface area contributed by atoms with Gasteiger partial charge in [0.15, 0.2) is 0 Å². The number of aryl methyl sites for hydroxylation is 1. The summed E-state index contributed by atoms with van der Waals surface area (Å²) in [4.78, 5) is 23.9. The topological polar surface area (TPSA) is 68.6 Å². The monoisotopic (exact) mass is 467 g/mol. The lowest BCUT2D eigenvalue weighted by Gasteiger charge is -2.42. The van der Waals surface area contributed by atoms with Gasteiger partial charge in [-0.1, -0.05) is 18.2 Å². The van der Waals surface area contributed by atoms with E-state index < -0.39 is 0 Å². The molecule has 2 atom stereocenters. The van der Waals surface area contributed by atoms with E-state index in [1.165, 1.54) is 17.7 Å². The fourth-order valence-electron chi connectivity index (χ4n) is 5.15. The van der Waals surface area contributed by atoms with Gasteiger partial charge in [0.25, 0.3) is 5.91 Å². The quantitative estimate of drug-likeness (QED) is 0.512. The summed E-state index contributed by atoms with van der Waals surface area (Å²) in [5, 5.41) is 1.06. The van der Waals surface area contributed by atoms with Crippen LogP contribution in [0.2, 0.25) is 0 Å². The predicted molar refractivity (Wildman–Crippen MR) is 131 cm³/mol. The van der Waals surface area contributed by atoms with E-state index in [0.29, 0.717) is 10.6 Å². The molecule has 2 aliphatic rings. The highest BCUT2D eigenvalue weighted by Gasteiger charge is 2.36. The van der Waals surface area contributed by atoms with Crippen LogP contribution >= 0.6 is 12.6 Å². The van der Waals surface area contributed by atoms with Crippen molar-refractivity contribution in [3.8, 4) is 0 Å². The zero-order chi connectivity index (χ0) is 23.1. The lowest BCUT2D eigenvalue weighted by molar-refractivity contribution is 0.0163. The summed E-state index contributed by atoms with van der Waals surface area (Å²) < 4.78 is 13.4. The Balaban J connectivity index is 1.25. The average Bonchev–Trinajstić information content (AvgIpc) is 3.45. The molecule has 5 rings (SSSR count). The molecule has 2 unspecified atom stereocenters. The number of fused-ring (bicyclic) bond motifs is 1. The van der Waals surface area contributed by atoms with Crippen molar-refractivity contribution < 1.29 is 9.18 Å². The molecule has 8 heteroatoms. The van der Waals surface area contributed by atoms with E-state index in [4.69, 9.17) is 5.73 Å². The Labute approximate surface area is 198 Å². The van der Waals surface area contributed by atoms with Crippen molar-refractivity contribution in [1.82, 2.24) is 19.7 Å². The molecule has 3 N–H and O–H groups in total. The number of nitrogens with zero attached hydrogens (tertiary/aromatic N) is 3. The number of carbonyl (C=O) groups excluding carboxylic acids is 1. The summed E-state index contributed by atoms with van der Waals surface area (Å²) in [5.74, 6) is -0.242. The lowest BCUT2D eigenvalue weighted by Crippen LogP contribution is -2.56. The largest absolute Gasteiger partial charge is 0.351 e. The molecular formula is C25H30FN5OS. The molecule has 0 saturated carbocycles. The first-order valence-corrected chi connectivity index (χ1v) is 12.0. The standard InChI is InChI=1S/C25H30FN5OS/c1-16-4-5-17-14-21(28-20(17)13-16)25(32)31-8-2-3-23(31)29-9-11-30(12-10-29)24(27)19-7-6-18(26)15-22(19)33/h4-7,13-15,23-24,28,33H,2-3,8-12,27H2,1H3. The van der Waals surface area contributed by atoms with Crippen molar-refractivity contribution >= 4 is 29.4 Å². The number of nitrogens with two attached hydrogens (primary N) is 1. The van der Waals surface area contributed by atoms with Gasteiger partial charge in [-0.25, -0.2) is 4.39 Å². The zero-order valence-electron chi connectivity index (χ0n) is 18.8. The van der Waals surface area contributed by atoms with E-state index in [2.05, 4.69) is 52.5 Å². The summed E-state index contributed by atoms with van der Waals surface area (Å²) in [7, 11) is 0. The van der Waals surface area contributed by atoms with E-state index in [-0.39, 0.29) is 24.1 Å². The Morgan fingerprint density at radius 2 is 1.91 bits per heavy atom. The number of hydrogen-bond donors (Lipinski definition) is 3. The van der Waals surface area contributed by atoms with Crippen molar-refractivity contribution in [3.05, 3.63) is 65.1 Å². The number of aromatic nitrogens is 1. The highest BCUT2D eigenvalue weighted by molar-refractivity contribution is 7.80. The van der Waals surface area contributed by atoms with Crippen LogP contribution in [-0.4, -0.2) is 64.5 Å². The summed E-state index contributed by atoms with van der Waals surface area (Å²) in [6, 6.07) is 12.7. The van der Waals surface area contributed by atoms with Crippen LogP contribution in [0.3, 0.4) is 0 Å². The molecule has 3 heterocycles. The Kier molecular flexibility index (Phi) is 6.18. The van der Waals surface area contributed by atoms with Gasteiger partial charge in [-0.2, -0.15) is 0 Å². The minimum Gasteiger partial charge on any atom is -0.351 e. The highest BCUT2D eigenvalue weighted by Crippen LogP contribution is 2.28. The number of nitrogens with one attached hydrogen (secondary N) is 1. The summed E-state index contributed by atoms with van der Waals surface area (Å²) in [6.07, 6.45) is 1.77. The normalized spacial score (nSPS) is 21.1. The van der Waals surface area contributed by atoms with Crippen LogP contribution in [0.25, 0.3) is 10.9 Å². The molecular weight excluding hydrogens is 437 g/mol. The molecule has 174 valence electrons. The van der Waals surface area contributed by atoms with E-state index in [9.17, 15) is 9.18 Å². The van der Waals surface area contributed by atoms with E-state index in [1.54, 1.807) is 6.07 Å². The fraction of sp³-hybridized carbons (Fsp3) is 0.400. The van der Waals surface area contributed by atoms with Crippen LogP contribution in [-0.2, 0) is 0 Å². The number of rotatable bonds is 4. The van der Waals surface area contributed by atoms with Crippen LogP contribution in [0.1, 0.15) is 40.6 Å². The number of thiol groups is 1. The first kappa shape index (κ1) is 22.4. The Bertz CT molecular complexity index is 1170. The molecule has 2 aliphatic heterocycles. The van der Waals surface area contributed by atoms with Gasteiger partial charge >= 0.3 is 0 Å². The number of halogens is 1. The second-order valence-corrected chi connectivity index (χ2v) is 9.60. The maximum Gasteiger partial charge on any atom is 0.271 e. The molecule has 2 aromatic carbocycles. The second-order valence-electron chi connectivity index (χ2n) is 9.12. The molecule has 0 radical (unpaired) electrons. The van der Waals surface area contributed by atoms with Crippen molar-refractivity contribution in [2.45, 2.75) is 37.0 Å². The van der Waals surface area contributed by atoms with Gasteiger partial charge in [0.05, 0.1) is 12.3 Å². The number of piperazine rings is 1. The second kappa shape index (κ2) is 9.10. The van der Waals surface area contributed by atoms with Crippen LogP contribution in [0.4, 0.5) is 4.39 Å². The first-order chi connectivity index (χ1) is 15.9. The van der Waals surface area contributed by atoms with Crippen LogP contribution in [0.5, 0.6) is 0 Å². The number of carbonyl (C=O) groups is 1. The molecule has 0 bridgehead atoms. The fourth-order valence-corrected chi connectivity index (χ4v) is 5.48. The van der Waals surface area contributed by atoms with E-state index >= 15 is 0 Å². The van der Waals surface area contributed by atoms with Gasteiger partial charge in [0.1, 0.15) is 11.5 Å². The van der Waals surface area contributed by atoms with Crippen molar-refractivity contribution in [3.63, 3.8) is 0 Å². The average molecular weight is 468 g/mol. The Morgan fingerprint density at radius 3 is 2.67 bits per heavy atom. The molecule has 6 nitrogen and oxygen atoms in total. The SMILES string of the molecule is Cc1ccc2cc(C(=O)N3CCCC3N3CCN(C(N)c4ccc(F)cc4S)CC3)[nH]c2c1. The van der Waals surface area contributed by atoms with E-state index in [1.807, 2.05) is 11.0 Å². The van der Waals surface area contributed by atoms with Crippen LogP contribution < -0.4 is 5.73 Å². The van der Waals surface area contributed by atoms with Crippen molar-refractivity contribution in [2.75, 3.05) is 32.7 Å². The van der Waals surface area contributed by atoms with Crippen molar-refractivity contribution in [1.29, 1.82) is 0 Å². The van der Waals surface area contributed by atoms with Gasteiger partial charge < -0.3 is 15.6 Å². The maximum atomic E-state index is 13.4. The number of aromatic amines is 1. The predicted octanol–water partition coefficient (Wildman–Crippen LogP) is 3.74. The molecule has 0 aliphatic carbocycles. The Hall–Kier alpha value is -2.39. The third-order valence-corrected chi connectivity index (χ3v) is 7.35. The smallest absolute Gasteiger partial charge is 0.271 e. The van der Waals surface area contributed by atoms with Gasteiger partial charge in [-0.15, -0.1) is 12.6 Å². The van der Waals surface area contributed by atoms with Gasteiger partial charge in [0.2, 0.25) is 0 Å². The number of H-pyrrole nitrogens is 1. The number of likely N-dealkylation sites (tertiary alicyclic amines) is 1. The minimum absolute atomic E-state index is 0.0662.